The first-order chi connectivity index (χ1) is 7.20. The van der Waals surface area contributed by atoms with Gasteiger partial charge in [0.15, 0.2) is 0 Å². The Bertz CT molecular complexity index is 482. The molecule has 0 atom stereocenters. The molecular formula is C10H8F2N2O. The van der Waals surface area contributed by atoms with Crippen LogP contribution in [0, 0.1) is 11.6 Å². The molecule has 0 unspecified atom stereocenters. The third-order valence-corrected chi connectivity index (χ3v) is 1.92. The number of hydrogen-bond acceptors (Lipinski definition) is 3. The molecule has 0 saturated carbocycles. The van der Waals surface area contributed by atoms with Gasteiger partial charge in [-0.15, -0.1) is 0 Å². The molecule has 0 aliphatic carbocycles. The number of halogens is 2. The highest BCUT2D eigenvalue weighted by atomic mass is 19.1. The van der Waals surface area contributed by atoms with Crippen LogP contribution in [-0.2, 0) is 0 Å². The SMILES string of the molecule is CNc1nc(-c2cc(F)ccc2F)co1. The molecule has 2 rings (SSSR count). The van der Waals surface area contributed by atoms with E-state index in [1.807, 2.05) is 0 Å². The van der Waals surface area contributed by atoms with E-state index in [-0.39, 0.29) is 17.3 Å². The predicted octanol–water partition coefficient (Wildman–Crippen LogP) is 2.66. The van der Waals surface area contributed by atoms with Crippen LogP contribution in [0.5, 0.6) is 0 Å². The van der Waals surface area contributed by atoms with Crippen LogP contribution in [-0.4, -0.2) is 12.0 Å². The van der Waals surface area contributed by atoms with Crippen molar-refractivity contribution in [2.45, 2.75) is 0 Å². The van der Waals surface area contributed by atoms with Crippen LogP contribution in [0.1, 0.15) is 0 Å². The molecule has 1 heterocycles. The Morgan fingerprint density at radius 2 is 2.13 bits per heavy atom. The number of hydrogen-bond donors (Lipinski definition) is 1. The second-order valence-electron chi connectivity index (χ2n) is 2.91. The highest BCUT2D eigenvalue weighted by Gasteiger charge is 2.10. The van der Waals surface area contributed by atoms with Crippen molar-refractivity contribution in [3.8, 4) is 11.3 Å². The zero-order chi connectivity index (χ0) is 10.8. The molecule has 0 saturated heterocycles. The molecule has 1 N–H and O–H groups in total. The topological polar surface area (TPSA) is 38.1 Å². The fraction of sp³-hybridized carbons (Fsp3) is 0.100. The van der Waals surface area contributed by atoms with Crippen LogP contribution >= 0.6 is 0 Å². The minimum absolute atomic E-state index is 0.0836. The fourth-order valence-corrected chi connectivity index (χ4v) is 1.21. The molecule has 3 nitrogen and oxygen atoms in total. The lowest BCUT2D eigenvalue weighted by Gasteiger charge is -1.97. The molecule has 78 valence electrons. The number of anilines is 1. The Hall–Kier alpha value is -1.91. The summed E-state index contributed by atoms with van der Waals surface area (Å²) in [5.41, 5.74) is 0.344. The van der Waals surface area contributed by atoms with Crippen LogP contribution in [0.25, 0.3) is 11.3 Å². The van der Waals surface area contributed by atoms with E-state index in [1.54, 1.807) is 7.05 Å². The largest absolute Gasteiger partial charge is 0.432 e. The maximum absolute atomic E-state index is 13.3. The molecule has 0 fully saturated rings. The minimum Gasteiger partial charge on any atom is -0.432 e. The molecule has 0 radical (unpaired) electrons. The first-order valence-electron chi connectivity index (χ1n) is 4.29. The Labute approximate surface area is 84.7 Å². The number of oxazole rings is 1. The maximum Gasteiger partial charge on any atom is 0.294 e. The summed E-state index contributed by atoms with van der Waals surface area (Å²) in [6.45, 7) is 0. The van der Waals surface area contributed by atoms with Crippen molar-refractivity contribution in [3.05, 3.63) is 36.1 Å². The number of aromatic nitrogens is 1. The fourth-order valence-electron chi connectivity index (χ4n) is 1.21. The van der Waals surface area contributed by atoms with Crippen LogP contribution in [0.15, 0.2) is 28.9 Å². The van der Waals surface area contributed by atoms with Crippen LogP contribution < -0.4 is 5.32 Å². The molecule has 0 aliphatic heterocycles. The van der Waals surface area contributed by atoms with E-state index in [4.69, 9.17) is 4.42 Å². The molecule has 1 aromatic carbocycles. The van der Waals surface area contributed by atoms with Gasteiger partial charge in [0.2, 0.25) is 0 Å². The summed E-state index contributed by atoms with van der Waals surface area (Å²) in [5, 5.41) is 2.66. The summed E-state index contributed by atoms with van der Waals surface area (Å²) in [7, 11) is 1.62. The number of nitrogens with zero attached hydrogens (tertiary/aromatic N) is 1. The zero-order valence-electron chi connectivity index (χ0n) is 7.92. The van der Waals surface area contributed by atoms with E-state index >= 15 is 0 Å². The lowest BCUT2D eigenvalue weighted by atomic mass is 10.1. The van der Waals surface area contributed by atoms with Gasteiger partial charge >= 0.3 is 0 Å². The Morgan fingerprint density at radius 3 is 2.80 bits per heavy atom. The van der Waals surface area contributed by atoms with Crippen molar-refractivity contribution in [3.63, 3.8) is 0 Å². The van der Waals surface area contributed by atoms with Gasteiger partial charge in [-0.3, -0.25) is 0 Å². The van der Waals surface area contributed by atoms with Crippen LogP contribution in [0.3, 0.4) is 0 Å². The zero-order valence-corrected chi connectivity index (χ0v) is 7.92. The van der Waals surface area contributed by atoms with E-state index in [9.17, 15) is 8.78 Å². The Balaban J connectivity index is 2.48. The van der Waals surface area contributed by atoms with Gasteiger partial charge in [0.25, 0.3) is 6.01 Å². The van der Waals surface area contributed by atoms with Gasteiger partial charge in [0.1, 0.15) is 23.6 Å². The predicted molar refractivity (Wildman–Crippen MR) is 51.4 cm³/mol. The second kappa shape index (κ2) is 3.68. The average Bonchev–Trinajstić information content (AvgIpc) is 2.70. The summed E-state index contributed by atoms with van der Waals surface area (Å²) in [4.78, 5) is 3.92. The number of benzene rings is 1. The molecule has 0 aliphatic rings. The summed E-state index contributed by atoms with van der Waals surface area (Å²) in [6.07, 6.45) is 1.27. The van der Waals surface area contributed by atoms with Gasteiger partial charge in [-0.05, 0) is 18.2 Å². The van der Waals surface area contributed by atoms with Crippen molar-refractivity contribution in [1.82, 2.24) is 4.98 Å². The van der Waals surface area contributed by atoms with Gasteiger partial charge in [0.05, 0.1) is 0 Å². The molecule has 0 amide bonds. The van der Waals surface area contributed by atoms with E-state index < -0.39 is 11.6 Å². The highest BCUT2D eigenvalue weighted by Crippen LogP contribution is 2.24. The van der Waals surface area contributed by atoms with E-state index in [1.165, 1.54) is 6.26 Å². The minimum atomic E-state index is -0.535. The third-order valence-electron chi connectivity index (χ3n) is 1.92. The summed E-state index contributed by atoms with van der Waals surface area (Å²) in [5.74, 6) is -1.05. The van der Waals surface area contributed by atoms with Crippen molar-refractivity contribution >= 4 is 6.01 Å². The van der Waals surface area contributed by atoms with E-state index in [0.717, 1.165) is 18.2 Å². The van der Waals surface area contributed by atoms with Gasteiger partial charge in [0, 0.05) is 12.6 Å². The molecule has 0 spiro atoms. The normalized spacial score (nSPS) is 10.3. The summed E-state index contributed by atoms with van der Waals surface area (Å²) >= 11 is 0. The average molecular weight is 210 g/mol. The number of rotatable bonds is 2. The first kappa shape index (κ1) is 9.64. The molecule has 1 aromatic heterocycles. The molecule has 0 bridgehead atoms. The first-order valence-corrected chi connectivity index (χ1v) is 4.29. The maximum atomic E-state index is 13.3. The van der Waals surface area contributed by atoms with Gasteiger partial charge in [-0.25, -0.2) is 8.78 Å². The van der Waals surface area contributed by atoms with Crippen molar-refractivity contribution in [2.75, 3.05) is 12.4 Å². The van der Waals surface area contributed by atoms with Crippen molar-refractivity contribution < 1.29 is 13.2 Å². The van der Waals surface area contributed by atoms with Crippen molar-refractivity contribution in [2.24, 2.45) is 0 Å². The molecular weight excluding hydrogens is 202 g/mol. The smallest absolute Gasteiger partial charge is 0.294 e. The molecule has 5 heteroatoms. The van der Waals surface area contributed by atoms with Crippen LogP contribution in [0.4, 0.5) is 14.8 Å². The summed E-state index contributed by atoms with van der Waals surface area (Å²) in [6, 6.07) is 3.44. The third kappa shape index (κ3) is 1.81. The van der Waals surface area contributed by atoms with Gasteiger partial charge in [-0.1, -0.05) is 0 Å². The number of nitrogens with one attached hydrogen (secondary N) is 1. The quantitative estimate of drug-likeness (QED) is 0.828. The Morgan fingerprint density at radius 1 is 1.33 bits per heavy atom. The van der Waals surface area contributed by atoms with Gasteiger partial charge in [-0.2, -0.15) is 4.98 Å². The highest BCUT2D eigenvalue weighted by molar-refractivity contribution is 5.60. The van der Waals surface area contributed by atoms with Crippen LogP contribution in [0.2, 0.25) is 0 Å². The summed E-state index contributed by atoms with van der Waals surface area (Å²) < 4.78 is 31.1. The van der Waals surface area contributed by atoms with E-state index in [0.29, 0.717) is 0 Å². The molecule has 15 heavy (non-hydrogen) atoms. The Kier molecular flexibility index (Phi) is 2.37. The van der Waals surface area contributed by atoms with Crippen molar-refractivity contribution in [1.29, 1.82) is 0 Å². The lowest BCUT2D eigenvalue weighted by Crippen LogP contribution is -1.89. The van der Waals surface area contributed by atoms with E-state index in [2.05, 4.69) is 10.3 Å². The lowest BCUT2D eigenvalue weighted by molar-refractivity contribution is 0.575. The second-order valence-corrected chi connectivity index (χ2v) is 2.91. The standard InChI is InChI=1S/C10H8F2N2O/c1-13-10-14-9(5-15-10)7-4-6(11)2-3-8(7)12/h2-5H,1H3,(H,13,14). The monoisotopic (exact) mass is 210 g/mol. The van der Waals surface area contributed by atoms with Gasteiger partial charge < -0.3 is 9.73 Å². The molecule has 2 aromatic rings.